The van der Waals surface area contributed by atoms with Crippen molar-refractivity contribution >= 4 is 17.9 Å². The highest BCUT2D eigenvalue weighted by molar-refractivity contribution is 5.85. The summed E-state index contributed by atoms with van der Waals surface area (Å²) in [5.41, 5.74) is 6.30. The quantitative estimate of drug-likeness (QED) is 0.737. The zero-order valence-corrected chi connectivity index (χ0v) is 16.7. The average Bonchev–Trinajstić information content (AvgIpc) is 2.77. The number of amides is 2. The van der Waals surface area contributed by atoms with Gasteiger partial charge in [0.25, 0.3) is 0 Å². The number of benzene rings is 2. The van der Waals surface area contributed by atoms with E-state index in [0.717, 1.165) is 47.1 Å². The average molecular weight is 392 g/mol. The molecule has 29 heavy (non-hydrogen) atoms. The van der Waals surface area contributed by atoms with Gasteiger partial charge in [-0.25, -0.2) is 4.39 Å². The first-order valence-corrected chi connectivity index (χ1v) is 10.2. The first-order valence-electron chi connectivity index (χ1n) is 10.2. The minimum absolute atomic E-state index is 0.158. The highest BCUT2D eigenvalue weighted by Gasteiger charge is 2.23. The molecule has 2 aliphatic rings. The monoisotopic (exact) mass is 392 g/mol. The van der Waals surface area contributed by atoms with Crippen molar-refractivity contribution in [2.45, 2.75) is 32.7 Å². The molecule has 2 aliphatic heterocycles. The number of hydrogen-bond donors (Lipinski definition) is 0. The lowest BCUT2D eigenvalue weighted by molar-refractivity contribution is -0.130. The molecule has 5 heteroatoms. The summed E-state index contributed by atoms with van der Waals surface area (Å²) in [6.45, 7) is 4.40. The molecule has 0 radical (unpaired) electrons. The van der Waals surface area contributed by atoms with Gasteiger partial charge < -0.3 is 9.80 Å². The van der Waals surface area contributed by atoms with Crippen LogP contribution < -0.4 is 0 Å². The summed E-state index contributed by atoms with van der Waals surface area (Å²) in [5, 5.41) is 0. The number of hydrogen-bond acceptors (Lipinski definition) is 2. The van der Waals surface area contributed by atoms with E-state index in [4.69, 9.17) is 0 Å². The number of carbonyl (C=O) groups excluding carboxylic acids is 2. The van der Waals surface area contributed by atoms with Crippen molar-refractivity contribution in [1.82, 2.24) is 9.80 Å². The fraction of sp³-hybridized carbons (Fsp3) is 0.333. The van der Waals surface area contributed by atoms with Crippen LogP contribution in [0.1, 0.15) is 36.5 Å². The SMILES string of the molecule is CCC(=O)N1CC=C(c2ccc(F)cc2-c2cccc3c2CN(C=O)CC3)CC1. The van der Waals surface area contributed by atoms with Crippen molar-refractivity contribution in [2.24, 2.45) is 0 Å². The molecule has 0 N–H and O–H groups in total. The summed E-state index contributed by atoms with van der Waals surface area (Å²) in [4.78, 5) is 26.9. The third-order valence-electron chi connectivity index (χ3n) is 5.93. The van der Waals surface area contributed by atoms with E-state index >= 15 is 0 Å². The molecule has 0 saturated carbocycles. The molecular weight excluding hydrogens is 367 g/mol. The third kappa shape index (κ3) is 3.82. The molecule has 0 bridgehead atoms. The lowest BCUT2D eigenvalue weighted by Crippen LogP contribution is -2.34. The van der Waals surface area contributed by atoms with E-state index in [1.54, 1.807) is 11.0 Å². The number of rotatable bonds is 4. The molecule has 0 aromatic heterocycles. The Hall–Kier alpha value is -2.95. The molecule has 0 aliphatic carbocycles. The van der Waals surface area contributed by atoms with Gasteiger partial charge in [-0.15, -0.1) is 0 Å². The molecule has 2 heterocycles. The molecule has 0 fully saturated rings. The van der Waals surface area contributed by atoms with Crippen molar-refractivity contribution in [3.8, 4) is 11.1 Å². The molecule has 0 unspecified atom stereocenters. The molecule has 0 atom stereocenters. The standard InChI is InChI=1S/C24H25FN2O2/c1-2-24(29)27-12-9-18(10-13-27)20-7-6-19(25)14-22(20)21-5-3-4-17-8-11-26(16-28)15-23(17)21/h3-7,9,14,16H,2,8,10-13,15H2,1H3. The van der Waals surface area contributed by atoms with E-state index < -0.39 is 0 Å². The van der Waals surface area contributed by atoms with Gasteiger partial charge in [-0.2, -0.15) is 0 Å². The lowest BCUT2D eigenvalue weighted by Gasteiger charge is -2.29. The highest BCUT2D eigenvalue weighted by Crippen LogP contribution is 2.37. The number of carbonyl (C=O) groups is 2. The topological polar surface area (TPSA) is 40.6 Å². The molecule has 2 amide bonds. The Kier molecular flexibility index (Phi) is 5.47. The minimum Gasteiger partial charge on any atom is -0.341 e. The van der Waals surface area contributed by atoms with Crippen LogP contribution in [0.15, 0.2) is 42.5 Å². The maximum absolute atomic E-state index is 14.2. The molecule has 2 aromatic rings. The van der Waals surface area contributed by atoms with Crippen molar-refractivity contribution in [3.05, 3.63) is 65.0 Å². The Bertz CT molecular complexity index is 983. The number of fused-ring (bicyclic) bond motifs is 1. The van der Waals surface area contributed by atoms with E-state index in [9.17, 15) is 14.0 Å². The van der Waals surface area contributed by atoms with Gasteiger partial charge in [-0.3, -0.25) is 9.59 Å². The van der Waals surface area contributed by atoms with Gasteiger partial charge in [0.05, 0.1) is 0 Å². The van der Waals surface area contributed by atoms with Crippen LogP contribution >= 0.6 is 0 Å². The summed E-state index contributed by atoms with van der Waals surface area (Å²) in [6, 6.07) is 11.0. The van der Waals surface area contributed by atoms with Crippen molar-refractivity contribution < 1.29 is 14.0 Å². The molecule has 0 spiro atoms. The van der Waals surface area contributed by atoms with Crippen LogP contribution in [0, 0.1) is 5.82 Å². The summed E-state index contributed by atoms with van der Waals surface area (Å²) < 4.78 is 14.2. The largest absolute Gasteiger partial charge is 0.341 e. The fourth-order valence-electron chi connectivity index (χ4n) is 4.33. The Labute approximate surface area is 170 Å². The van der Waals surface area contributed by atoms with E-state index in [1.165, 1.54) is 11.6 Å². The van der Waals surface area contributed by atoms with Crippen LogP contribution in [0.3, 0.4) is 0 Å². The lowest BCUT2D eigenvalue weighted by atomic mass is 9.86. The Balaban J connectivity index is 1.76. The molecular formula is C24H25FN2O2. The normalized spacial score (nSPS) is 16.3. The Morgan fingerprint density at radius 3 is 2.69 bits per heavy atom. The zero-order valence-electron chi connectivity index (χ0n) is 16.7. The van der Waals surface area contributed by atoms with Crippen LogP contribution in [0.4, 0.5) is 4.39 Å². The smallest absolute Gasteiger partial charge is 0.222 e. The van der Waals surface area contributed by atoms with E-state index in [1.807, 2.05) is 30.0 Å². The summed E-state index contributed by atoms with van der Waals surface area (Å²) in [6.07, 6.45) is 5.04. The highest BCUT2D eigenvalue weighted by atomic mass is 19.1. The van der Waals surface area contributed by atoms with Crippen molar-refractivity contribution in [2.75, 3.05) is 19.6 Å². The maximum Gasteiger partial charge on any atom is 0.222 e. The van der Waals surface area contributed by atoms with Crippen LogP contribution in [0.2, 0.25) is 0 Å². The molecule has 2 aromatic carbocycles. The van der Waals surface area contributed by atoms with Crippen LogP contribution in [0.5, 0.6) is 0 Å². The number of halogens is 1. The number of nitrogens with zero attached hydrogens (tertiary/aromatic N) is 2. The molecule has 4 rings (SSSR count). The van der Waals surface area contributed by atoms with Gasteiger partial charge in [0.1, 0.15) is 5.82 Å². The first-order chi connectivity index (χ1) is 14.1. The Morgan fingerprint density at radius 1 is 1.10 bits per heavy atom. The predicted molar refractivity (Wildman–Crippen MR) is 111 cm³/mol. The van der Waals surface area contributed by atoms with Gasteiger partial charge >= 0.3 is 0 Å². The third-order valence-corrected chi connectivity index (χ3v) is 5.93. The molecule has 150 valence electrons. The predicted octanol–water partition coefficient (Wildman–Crippen LogP) is 4.03. The van der Waals surface area contributed by atoms with E-state index in [2.05, 4.69) is 12.1 Å². The minimum atomic E-state index is -0.274. The second-order valence-corrected chi connectivity index (χ2v) is 7.63. The zero-order chi connectivity index (χ0) is 20.4. The van der Waals surface area contributed by atoms with Gasteiger partial charge in [-0.05, 0) is 58.4 Å². The first kappa shape index (κ1) is 19.4. The van der Waals surface area contributed by atoms with Gasteiger partial charge in [-0.1, -0.05) is 37.3 Å². The fourth-order valence-corrected chi connectivity index (χ4v) is 4.33. The molecule has 4 nitrogen and oxygen atoms in total. The molecule has 0 saturated heterocycles. The maximum atomic E-state index is 14.2. The van der Waals surface area contributed by atoms with Crippen molar-refractivity contribution in [3.63, 3.8) is 0 Å². The van der Waals surface area contributed by atoms with Crippen LogP contribution in [-0.4, -0.2) is 41.8 Å². The van der Waals surface area contributed by atoms with Gasteiger partial charge in [0.15, 0.2) is 0 Å². The van der Waals surface area contributed by atoms with Crippen LogP contribution in [-0.2, 0) is 22.6 Å². The summed E-state index contributed by atoms with van der Waals surface area (Å²) in [7, 11) is 0. The summed E-state index contributed by atoms with van der Waals surface area (Å²) in [5.74, 6) is -0.116. The van der Waals surface area contributed by atoms with Crippen molar-refractivity contribution in [1.29, 1.82) is 0 Å². The van der Waals surface area contributed by atoms with E-state index in [-0.39, 0.29) is 11.7 Å². The van der Waals surface area contributed by atoms with Crippen LogP contribution in [0.25, 0.3) is 16.7 Å². The van der Waals surface area contributed by atoms with Gasteiger partial charge in [0, 0.05) is 32.6 Å². The van der Waals surface area contributed by atoms with Gasteiger partial charge in [0.2, 0.25) is 12.3 Å². The van der Waals surface area contributed by atoms with E-state index in [0.29, 0.717) is 32.6 Å². The second kappa shape index (κ2) is 8.19. The second-order valence-electron chi connectivity index (χ2n) is 7.63. The Morgan fingerprint density at radius 2 is 1.97 bits per heavy atom. The summed E-state index contributed by atoms with van der Waals surface area (Å²) >= 11 is 0.